The van der Waals surface area contributed by atoms with Crippen molar-refractivity contribution in [1.29, 1.82) is 0 Å². The lowest BCUT2D eigenvalue weighted by atomic mass is 10.1. The molecule has 0 aliphatic carbocycles. The van der Waals surface area contributed by atoms with Crippen LogP contribution < -0.4 is 10.1 Å². The summed E-state index contributed by atoms with van der Waals surface area (Å²) in [5, 5.41) is 2.91. The predicted octanol–water partition coefficient (Wildman–Crippen LogP) is 2.30. The van der Waals surface area contributed by atoms with E-state index in [0.29, 0.717) is 18.7 Å². The first-order valence-corrected chi connectivity index (χ1v) is 6.84. The number of amides is 1. The summed E-state index contributed by atoms with van der Waals surface area (Å²) in [5.41, 5.74) is 1.64. The van der Waals surface area contributed by atoms with Crippen LogP contribution in [0.3, 0.4) is 0 Å². The second-order valence-corrected chi connectivity index (χ2v) is 4.76. The SMILES string of the molecule is CCOc1ccc(C(=O)NC[C@@H]2CCCO2)cc1C. The van der Waals surface area contributed by atoms with Crippen LogP contribution >= 0.6 is 0 Å². The molecule has 1 aliphatic heterocycles. The predicted molar refractivity (Wildman–Crippen MR) is 73.7 cm³/mol. The summed E-state index contributed by atoms with van der Waals surface area (Å²) in [5.74, 6) is 0.778. The first-order valence-electron chi connectivity index (χ1n) is 6.84. The number of benzene rings is 1. The van der Waals surface area contributed by atoms with Gasteiger partial charge in [-0.25, -0.2) is 0 Å². The Morgan fingerprint density at radius 2 is 2.37 bits per heavy atom. The highest BCUT2D eigenvalue weighted by atomic mass is 16.5. The molecule has 1 heterocycles. The Morgan fingerprint density at radius 1 is 1.53 bits per heavy atom. The molecule has 0 aromatic heterocycles. The van der Waals surface area contributed by atoms with Gasteiger partial charge < -0.3 is 14.8 Å². The van der Waals surface area contributed by atoms with Crippen LogP contribution in [0.5, 0.6) is 5.75 Å². The topological polar surface area (TPSA) is 47.6 Å². The van der Waals surface area contributed by atoms with Crippen LogP contribution in [0.2, 0.25) is 0 Å². The quantitative estimate of drug-likeness (QED) is 0.886. The fourth-order valence-corrected chi connectivity index (χ4v) is 2.22. The molecule has 0 spiro atoms. The van der Waals surface area contributed by atoms with Crippen molar-refractivity contribution >= 4 is 5.91 Å². The summed E-state index contributed by atoms with van der Waals surface area (Å²) >= 11 is 0. The fraction of sp³-hybridized carbons (Fsp3) is 0.533. The minimum Gasteiger partial charge on any atom is -0.494 e. The van der Waals surface area contributed by atoms with Crippen LogP contribution in [0, 0.1) is 6.92 Å². The maximum absolute atomic E-state index is 12.0. The Labute approximate surface area is 114 Å². The summed E-state index contributed by atoms with van der Waals surface area (Å²) in [7, 11) is 0. The number of aryl methyl sites for hydroxylation is 1. The van der Waals surface area contributed by atoms with E-state index >= 15 is 0 Å². The normalized spacial score (nSPS) is 18.3. The number of nitrogens with one attached hydrogen (secondary N) is 1. The van der Waals surface area contributed by atoms with Crippen molar-refractivity contribution in [2.45, 2.75) is 32.8 Å². The minimum absolute atomic E-state index is 0.0540. The van der Waals surface area contributed by atoms with Crippen LogP contribution in [0.1, 0.15) is 35.7 Å². The van der Waals surface area contributed by atoms with Gasteiger partial charge >= 0.3 is 0 Å². The molecule has 1 aromatic rings. The number of rotatable bonds is 5. The molecule has 0 saturated carbocycles. The lowest BCUT2D eigenvalue weighted by Crippen LogP contribution is -2.31. The molecule has 1 aromatic carbocycles. The zero-order valence-corrected chi connectivity index (χ0v) is 11.6. The average Bonchev–Trinajstić information content (AvgIpc) is 2.91. The fourth-order valence-electron chi connectivity index (χ4n) is 2.22. The standard InChI is InChI=1S/C15H21NO3/c1-3-18-14-7-6-12(9-11(14)2)15(17)16-10-13-5-4-8-19-13/h6-7,9,13H,3-5,8,10H2,1-2H3,(H,16,17)/t13-/m0/s1. The van der Waals surface area contributed by atoms with Crippen molar-refractivity contribution in [2.24, 2.45) is 0 Å². The van der Waals surface area contributed by atoms with E-state index in [1.807, 2.05) is 26.0 Å². The van der Waals surface area contributed by atoms with E-state index in [4.69, 9.17) is 9.47 Å². The van der Waals surface area contributed by atoms with Crippen LogP contribution in [0.25, 0.3) is 0 Å². The lowest BCUT2D eigenvalue weighted by Gasteiger charge is -2.12. The minimum atomic E-state index is -0.0540. The van der Waals surface area contributed by atoms with E-state index in [1.165, 1.54) is 0 Å². The Morgan fingerprint density at radius 3 is 3.00 bits per heavy atom. The highest BCUT2D eigenvalue weighted by Crippen LogP contribution is 2.19. The number of carbonyl (C=O) groups excluding carboxylic acids is 1. The van der Waals surface area contributed by atoms with Crippen molar-refractivity contribution in [3.63, 3.8) is 0 Å². The lowest BCUT2D eigenvalue weighted by molar-refractivity contribution is 0.0857. The number of hydrogen-bond donors (Lipinski definition) is 1. The van der Waals surface area contributed by atoms with Gasteiger partial charge in [0.1, 0.15) is 5.75 Å². The molecule has 0 bridgehead atoms. The smallest absolute Gasteiger partial charge is 0.251 e. The van der Waals surface area contributed by atoms with Crippen molar-refractivity contribution < 1.29 is 14.3 Å². The van der Waals surface area contributed by atoms with Crippen LogP contribution in [-0.2, 0) is 4.74 Å². The summed E-state index contributed by atoms with van der Waals surface area (Å²) in [6, 6.07) is 5.50. The highest BCUT2D eigenvalue weighted by molar-refractivity contribution is 5.94. The zero-order chi connectivity index (χ0) is 13.7. The molecule has 0 unspecified atom stereocenters. The van der Waals surface area contributed by atoms with Crippen molar-refractivity contribution in [1.82, 2.24) is 5.32 Å². The first-order chi connectivity index (χ1) is 9.20. The Balaban J connectivity index is 1.92. The van der Waals surface area contributed by atoms with Gasteiger partial charge in [-0.2, -0.15) is 0 Å². The van der Waals surface area contributed by atoms with Gasteiger partial charge in [0, 0.05) is 18.7 Å². The van der Waals surface area contributed by atoms with E-state index < -0.39 is 0 Å². The van der Waals surface area contributed by atoms with Gasteiger partial charge in [0.15, 0.2) is 0 Å². The molecule has 0 radical (unpaired) electrons. The second kappa shape index (κ2) is 6.57. The Hall–Kier alpha value is -1.55. The molecule has 1 aliphatic rings. The molecule has 1 fully saturated rings. The highest BCUT2D eigenvalue weighted by Gasteiger charge is 2.16. The van der Waals surface area contributed by atoms with Crippen molar-refractivity contribution in [2.75, 3.05) is 19.8 Å². The maximum Gasteiger partial charge on any atom is 0.251 e. The van der Waals surface area contributed by atoms with E-state index in [-0.39, 0.29) is 12.0 Å². The second-order valence-electron chi connectivity index (χ2n) is 4.76. The molecule has 1 saturated heterocycles. The Kier molecular flexibility index (Phi) is 4.80. The number of ether oxygens (including phenoxy) is 2. The first kappa shape index (κ1) is 13.9. The molecule has 104 valence electrons. The molecule has 2 rings (SSSR count). The Bertz CT molecular complexity index is 439. The van der Waals surface area contributed by atoms with Gasteiger partial charge in [0.05, 0.1) is 12.7 Å². The summed E-state index contributed by atoms with van der Waals surface area (Å²) < 4.78 is 10.9. The third-order valence-corrected chi connectivity index (χ3v) is 3.25. The molecule has 1 amide bonds. The molecule has 1 atom stereocenters. The summed E-state index contributed by atoms with van der Waals surface area (Å²) in [4.78, 5) is 12.0. The van der Waals surface area contributed by atoms with Gasteiger partial charge in [0.25, 0.3) is 5.91 Å². The number of hydrogen-bond acceptors (Lipinski definition) is 3. The van der Waals surface area contributed by atoms with Gasteiger partial charge in [-0.05, 0) is 50.5 Å². The van der Waals surface area contributed by atoms with Crippen molar-refractivity contribution in [3.05, 3.63) is 29.3 Å². The molecular weight excluding hydrogens is 242 g/mol. The number of carbonyl (C=O) groups is 1. The third-order valence-electron chi connectivity index (χ3n) is 3.25. The van der Waals surface area contributed by atoms with E-state index in [1.54, 1.807) is 6.07 Å². The van der Waals surface area contributed by atoms with Crippen LogP contribution in [0.15, 0.2) is 18.2 Å². The van der Waals surface area contributed by atoms with Crippen LogP contribution in [-0.4, -0.2) is 31.8 Å². The molecule has 19 heavy (non-hydrogen) atoms. The van der Waals surface area contributed by atoms with Crippen molar-refractivity contribution in [3.8, 4) is 5.75 Å². The molecule has 4 heteroatoms. The maximum atomic E-state index is 12.0. The molecule has 1 N–H and O–H groups in total. The van der Waals surface area contributed by atoms with Gasteiger partial charge in [-0.15, -0.1) is 0 Å². The largest absolute Gasteiger partial charge is 0.494 e. The molecule has 4 nitrogen and oxygen atoms in total. The van der Waals surface area contributed by atoms with E-state index in [0.717, 1.165) is 30.8 Å². The summed E-state index contributed by atoms with van der Waals surface area (Å²) in [6.45, 7) is 5.92. The average molecular weight is 263 g/mol. The van der Waals surface area contributed by atoms with Crippen LogP contribution in [0.4, 0.5) is 0 Å². The monoisotopic (exact) mass is 263 g/mol. The van der Waals surface area contributed by atoms with Gasteiger partial charge in [-0.1, -0.05) is 0 Å². The zero-order valence-electron chi connectivity index (χ0n) is 11.6. The molecular formula is C15H21NO3. The summed E-state index contributed by atoms with van der Waals surface area (Å²) in [6.07, 6.45) is 2.29. The van der Waals surface area contributed by atoms with E-state index in [2.05, 4.69) is 5.32 Å². The van der Waals surface area contributed by atoms with E-state index in [9.17, 15) is 4.79 Å². The third kappa shape index (κ3) is 3.70. The van der Waals surface area contributed by atoms with Gasteiger partial charge in [-0.3, -0.25) is 4.79 Å². The van der Waals surface area contributed by atoms with Gasteiger partial charge in [0.2, 0.25) is 0 Å².